The monoisotopic (exact) mass is 403 g/mol. The van der Waals surface area contributed by atoms with E-state index in [1.54, 1.807) is 19.2 Å². The van der Waals surface area contributed by atoms with Crippen LogP contribution in [0.15, 0.2) is 12.1 Å². The summed E-state index contributed by atoms with van der Waals surface area (Å²) in [6.45, 7) is 1.90. The van der Waals surface area contributed by atoms with Crippen LogP contribution in [-0.4, -0.2) is 48.2 Å². The Morgan fingerprint density at radius 1 is 1.14 bits per heavy atom. The largest absolute Gasteiger partial charge is 0.481 e. The molecule has 0 bridgehead atoms. The summed E-state index contributed by atoms with van der Waals surface area (Å²) in [5, 5.41) is 0. The summed E-state index contributed by atoms with van der Waals surface area (Å²) in [5.74, 6) is 2.11. The van der Waals surface area contributed by atoms with Crippen molar-refractivity contribution < 1.29 is 13.2 Å². The second kappa shape index (κ2) is 6.88. The van der Waals surface area contributed by atoms with E-state index in [2.05, 4.69) is 9.97 Å². The number of nitrogens with zero attached hydrogens (tertiary/aromatic N) is 5. The first-order chi connectivity index (χ1) is 13.3. The highest BCUT2D eigenvalue weighted by Gasteiger charge is 2.27. The van der Waals surface area contributed by atoms with Crippen LogP contribution in [0.5, 0.6) is 5.88 Å². The predicted molar refractivity (Wildman–Crippen MR) is 109 cm³/mol. The SMILES string of the molecule is COc1ccc2nc(N(C)S(C)(=O)=O)c3c(C)nc(C4CCCCC4)n3c2n1. The summed E-state index contributed by atoms with van der Waals surface area (Å²) in [7, 11) is -0.380. The Balaban J connectivity index is 2.10. The van der Waals surface area contributed by atoms with E-state index in [1.165, 1.54) is 36.9 Å². The van der Waals surface area contributed by atoms with Crippen LogP contribution in [0.1, 0.15) is 49.5 Å². The third kappa shape index (κ3) is 3.07. The first kappa shape index (κ1) is 18.9. The summed E-state index contributed by atoms with van der Waals surface area (Å²) in [4.78, 5) is 14.1. The van der Waals surface area contributed by atoms with Crippen molar-refractivity contribution in [2.75, 3.05) is 24.7 Å². The van der Waals surface area contributed by atoms with E-state index in [0.717, 1.165) is 24.4 Å². The Bertz CT molecular complexity index is 1150. The smallest absolute Gasteiger partial charge is 0.233 e. The predicted octanol–water partition coefficient (Wildman–Crippen LogP) is 3.04. The molecule has 8 nitrogen and oxygen atoms in total. The lowest BCUT2D eigenvalue weighted by Crippen LogP contribution is -2.26. The van der Waals surface area contributed by atoms with Crippen LogP contribution in [-0.2, 0) is 10.0 Å². The van der Waals surface area contributed by atoms with Crippen molar-refractivity contribution in [2.24, 2.45) is 0 Å². The van der Waals surface area contributed by atoms with Crippen LogP contribution in [0.4, 0.5) is 5.82 Å². The zero-order valence-corrected chi connectivity index (χ0v) is 17.5. The summed E-state index contributed by atoms with van der Waals surface area (Å²) in [6.07, 6.45) is 6.92. The maximum Gasteiger partial charge on any atom is 0.233 e. The third-order valence-electron chi connectivity index (χ3n) is 5.53. The number of imidazole rings is 1. The van der Waals surface area contributed by atoms with Gasteiger partial charge in [-0.25, -0.2) is 18.4 Å². The van der Waals surface area contributed by atoms with E-state index in [4.69, 9.17) is 9.72 Å². The lowest BCUT2D eigenvalue weighted by Gasteiger charge is -2.22. The van der Waals surface area contributed by atoms with Gasteiger partial charge >= 0.3 is 0 Å². The summed E-state index contributed by atoms with van der Waals surface area (Å²) < 4.78 is 33.0. The van der Waals surface area contributed by atoms with Crippen LogP contribution >= 0.6 is 0 Å². The number of methoxy groups -OCH3 is 1. The maximum absolute atomic E-state index is 12.3. The van der Waals surface area contributed by atoms with Crippen molar-refractivity contribution in [3.05, 3.63) is 23.7 Å². The number of fused-ring (bicyclic) bond motifs is 3. The number of hydrogen-bond donors (Lipinski definition) is 0. The lowest BCUT2D eigenvalue weighted by molar-refractivity contribution is 0.399. The van der Waals surface area contributed by atoms with Gasteiger partial charge in [-0.1, -0.05) is 19.3 Å². The van der Waals surface area contributed by atoms with E-state index >= 15 is 0 Å². The van der Waals surface area contributed by atoms with Gasteiger partial charge in [0.25, 0.3) is 0 Å². The average molecular weight is 404 g/mol. The van der Waals surface area contributed by atoms with E-state index in [0.29, 0.717) is 34.3 Å². The lowest BCUT2D eigenvalue weighted by atomic mass is 9.89. The van der Waals surface area contributed by atoms with Crippen molar-refractivity contribution in [3.63, 3.8) is 0 Å². The van der Waals surface area contributed by atoms with Crippen molar-refractivity contribution in [1.82, 2.24) is 19.4 Å². The fourth-order valence-electron chi connectivity index (χ4n) is 3.99. The highest BCUT2D eigenvalue weighted by molar-refractivity contribution is 7.92. The average Bonchev–Trinajstić information content (AvgIpc) is 3.04. The minimum atomic E-state index is -3.48. The first-order valence-electron chi connectivity index (χ1n) is 9.49. The van der Waals surface area contributed by atoms with Crippen molar-refractivity contribution >= 4 is 32.5 Å². The zero-order valence-electron chi connectivity index (χ0n) is 16.6. The molecule has 1 aliphatic rings. The number of hydrogen-bond acceptors (Lipinski definition) is 6. The molecule has 0 aliphatic heterocycles. The standard InChI is InChI=1S/C19H25N5O3S/c1-12-16-19(23(2)28(4,25)26)21-14-10-11-15(27-3)22-18(14)24(16)17(20-12)13-8-6-5-7-9-13/h10-11,13H,5-9H2,1-4H3. The van der Waals surface area contributed by atoms with Gasteiger partial charge in [-0.15, -0.1) is 0 Å². The topological polar surface area (TPSA) is 89.7 Å². The molecule has 0 spiro atoms. The van der Waals surface area contributed by atoms with Crippen LogP contribution in [0.25, 0.3) is 16.7 Å². The number of ether oxygens (including phenoxy) is 1. The molecule has 3 heterocycles. The van der Waals surface area contributed by atoms with E-state index in [9.17, 15) is 8.42 Å². The third-order valence-corrected chi connectivity index (χ3v) is 6.70. The molecule has 1 saturated carbocycles. The van der Waals surface area contributed by atoms with Crippen LogP contribution in [0.2, 0.25) is 0 Å². The molecule has 3 aromatic rings. The fourth-order valence-corrected chi connectivity index (χ4v) is 4.44. The number of pyridine rings is 1. The molecular formula is C19H25N5O3S. The van der Waals surface area contributed by atoms with Crippen LogP contribution in [0.3, 0.4) is 0 Å². The van der Waals surface area contributed by atoms with Gasteiger partial charge in [-0.05, 0) is 25.8 Å². The molecule has 4 rings (SSSR count). The molecule has 1 aliphatic carbocycles. The fraction of sp³-hybridized carbons (Fsp3) is 0.526. The van der Waals surface area contributed by atoms with Gasteiger partial charge < -0.3 is 4.74 Å². The molecule has 0 unspecified atom stereocenters. The number of aryl methyl sites for hydroxylation is 1. The van der Waals surface area contributed by atoms with Gasteiger partial charge in [-0.2, -0.15) is 4.98 Å². The molecule has 0 N–H and O–H groups in total. The van der Waals surface area contributed by atoms with Gasteiger partial charge in [0.05, 0.1) is 19.1 Å². The molecule has 0 atom stereocenters. The van der Waals surface area contributed by atoms with Gasteiger partial charge in [0, 0.05) is 19.0 Å². The summed E-state index contributed by atoms with van der Waals surface area (Å²) >= 11 is 0. The number of aromatic nitrogens is 4. The van der Waals surface area contributed by atoms with E-state index < -0.39 is 10.0 Å². The van der Waals surface area contributed by atoms with Crippen molar-refractivity contribution in [2.45, 2.75) is 44.9 Å². The molecule has 0 radical (unpaired) electrons. The minimum Gasteiger partial charge on any atom is -0.481 e. The zero-order chi connectivity index (χ0) is 20.1. The van der Waals surface area contributed by atoms with Crippen molar-refractivity contribution in [1.29, 1.82) is 0 Å². The Hall–Kier alpha value is -2.42. The Labute approximate surface area is 164 Å². The molecule has 150 valence electrons. The molecule has 0 aromatic carbocycles. The van der Waals surface area contributed by atoms with Gasteiger partial charge in [-0.3, -0.25) is 8.71 Å². The molecule has 0 amide bonds. The Morgan fingerprint density at radius 3 is 2.50 bits per heavy atom. The van der Waals surface area contributed by atoms with Gasteiger partial charge in [0.1, 0.15) is 16.9 Å². The summed E-state index contributed by atoms with van der Waals surface area (Å²) in [5.41, 5.74) is 2.68. The molecule has 1 fully saturated rings. The summed E-state index contributed by atoms with van der Waals surface area (Å²) in [6, 6.07) is 3.54. The highest BCUT2D eigenvalue weighted by atomic mass is 32.2. The molecular weight excluding hydrogens is 378 g/mol. The van der Waals surface area contributed by atoms with Gasteiger partial charge in [0.2, 0.25) is 15.9 Å². The quantitative estimate of drug-likeness (QED) is 0.665. The molecule has 28 heavy (non-hydrogen) atoms. The van der Waals surface area contributed by atoms with Crippen molar-refractivity contribution in [3.8, 4) is 5.88 Å². The highest BCUT2D eigenvalue weighted by Crippen LogP contribution is 2.36. The van der Waals surface area contributed by atoms with E-state index in [1.807, 2.05) is 11.3 Å². The molecule has 3 aromatic heterocycles. The second-order valence-corrected chi connectivity index (χ2v) is 9.45. The molecule has 9 heteroatoms. The normalized spacial score (nSPS) is 16.0. The number of anilines is 1. The van der Waals surface area contributed by atoms with Crippen LogP contribution < -0.4 is 9.04 Å². The van der Waals surface area contributed by atoms with Crippen LogP contribution in [0, 0.1) is 6.92 Å². The second-order valence-electron chi connectivity index (χ2n) is 7.44. The molecule has 0 saturated heterocycles. The number of sulfonamides is 1. The van der Waals surface area contributed by atoms with E-state index in [-0.39, 0.29) is 0 Å². The Kier molecular flexibility index (Phi) is 4.65. The Morgan fingerprint density at radius 2 is 1.86 bits per heavy atom. The maximum atomic E-state index is 12.3. The van der Waals surface area contributed by atoms with Gasteiger partial charge in [0.15, 0.2) is 11.5 Å². The minimum absolute atomic E-state index is 0.324. The first-order valence-corrected chi connectivity index (χ1v) is 11.3. The number of rotatable bonds is 4.